The van der Waals surface area contributed by atoms with Crippen LogP contribution in [0.25, 0.3) is 0 Å². The lowest BCUT2D eigenvalue weighted by Crippen LogP contribution is -2.33. The molecule has 0 bridgehead atoms. The topological polar surface area (TPSA) is 64.2 Å². The normalized spacial score (nSPS) is 18.7. The SMILES string of the molecule is Cc1c(CNCCCCN2CCCC2CO)cc(C#N)n1C. The van der Waals surface area contributed by atoms with Crippen molar-refractivity contribution in [3.8, 4) is 6.07 Å². The van der Waals surface area contributed by atoms with Gasteiger partial charge in [-0.25, -0.2) is 0 Å². The van der Waals surface area contributed by atoms with Gasteiger partial charge >= 0.3 is 0 Å². The first-order chi connectivity index (χ1) is 10.7. The Balaban J connectivity index is 1.63. The number of nitriles is 1. The van der Waals surface area contributed by atoms with Crippen LogP contribution in [0.15, 0.2) is 6.07 Å². The summed E-state index contributed by atoms with van der Waals surface area (Å²) in [6.07, 6.45) is 4.67. The highest BCUT2D eigenvalue weighted by molar-refractivity contribution is 5.33. The first kappa shape index (κ1) is 17.0. The molecule has 0 amide bonds. The van der Waals surface area contributed by atoms with Crippen molar-refractivity contribution in [1.29, 1.82) is 5.26 Å². The van der Waals surface area contributed by atoms with Gasteiger partial charge in [-0.1, -0.05) is 0 Å². The van der Waals surface area contributed by atoms with Gasteiger partial charge in [0.25, 0.3) is 0 Å². The molecule has 22 heavy (non-hydrogen) atoms. The van der Waals surface area contributed by atoms with Crippen molar-refractivity contribution in [2.75, 3.05) is 26.2 Å². The summed E-state index contributed by atoms with van der Waals surface area (Å²) in [5.74, 6) is 0. The summed E-state index contributed by atoms with van der Waals surface area (Å²) >= 11 is 0. The van der Waals surface area contributed by atoms with E-state index in [0.29, 0.717) is 12.6 Å². The molecular weight excluding hydrogens is 276 g/mol. The van der Waals surface area contributed by atoms with Crippen LogP contribution in [-0.4, -0.2) is 46.9 Å². The number of nitrogens with zero attached hydrogens (tertiary/aromatic N) is 3. The van der Waals surface area contributed by atoms with Gasteiger partial charge in [-0.05, 0) is 63.9 Å². The molecule has 1 aliphatic rings. The molecule has 0 aliphatic carbocycles. The summed E-state index contributed by atoms with van der Waals surface area (Å²) in [4.78, 5) is 2.42. The number of unbranched alkanes of at least 4 members (excludes halogenated alkanes) is 1. The third-order valence-corrected chi connectivity index (χ3v) is 4.83. The number of aliphatic hydroxyl groups excluding tert-OH is 1. The average molecular weight is 304 g/mol. The van der Waals surface area contributed by atoms with Crippen LogP contribution in [0.2, 0.25) is 0 Å². The second kappa shape index (κ2) is 8.33. The van der Waals surface area contributed by atoms with E-state index >= 15 is 0 Å². The molecule has 0 radical (unpaired) electrons. The molecule has 2 N–H and O–H groups in total. The zero-order valence-electron chi connectivity index (χ0n) is 13.8. The predicted molar refractivity (Wildman–Crippen MR) is 87.5 cm³/mol. The Kier molecular flexibility index (Phi) is 6.44. The van der Waals surface area contributed by atoms with Crippen LogP contribution in [-0.2, 0) is 13.6 Å². The highest BCUT2D eigenvalue weighted by Crippen LogP contribution is 2.17. The summed E-state index contributed by atoms with van der Waals surface area (Å²) < 4.78 is 1.94. The van der Waals surface area contributed by atoms with E-state index in [4.69, 9.17) is 5.26 Å². The zero-order chi connectivity index (χ0) is 15.9. The first-order valence-corrected chi connectivity index (χ1v) is 8.28. The van der Waals surface area contributed by atoms with E-state index < -0.39 is 0 Å². The fourth-order valence-electron chi connectivity index (χ4n) is 3.23. The fraction of sp³-hybridized carbons (Fsp3) is 0.706. The van der Waals surface area contributed by atoms with Crippen molar-refractivity contribution < 1.29 is 5.11 Å². The maximum atomic E-state index is 9.30. The van der Waals surface area contributed by atoms with Crippen molar-refractivity contribution in [2.45, 2.75) is 45.2 Å². The average Bonchev–Trinajstić information content (AvgIpc) is 3.09. The van der Waals surface area contributed by atoms with E-state index in [1.54, 1.807) is 0 Å². The van der Waals surface area contributed by atoms with Crippen molar-refractivity contribution >= 4 is 0 Å². The monoisotopic (exact) mass is 304 g/mol. The largest absolute Gasteiger partial charge is 0.395 e. The Morgan fingerprint density at radius 3 is 2.95 bits per heavy atom. The fourth-order valence-corrected chi connectivity index (χ4v) is 3.23. The Morgan fingerprint density at radius 1 is 1.45 bits per heavy atom. The van der Waals surface area contributed by atoms with Crippen LogP contribution < -0.4 is 5.32 Å². The van der Waals surface area contributed by atoms with Crippen molar-refractivity contribution in [2.24, 2.45) is 7.05 Å². The number of nitrogens with one attached hydrogen (secondary N) is 1. The lowest BCUT2D eigenvalue weighted by molar-refractivity contribution is 0.157. The van der Waals surface area contributed by atoms with Gasteiger partial charge < -0.3 is 15.0 Å². The second-order valence-corrected chi connectivity index (χ2v) is 6.21. The maximum Gasteiger partial charge on any atom is 0.120 e. The van der Waals surface area contributed by atoms with E-state index in [0.717, 1.165) is 50.4 Å². The Morgan fingerprint density at radius 2 is 2.27 bits per heavy atom. The van der Waals surface area contributed by atoms with Crippen LogP contribution in [0.1, 0.15) is 42.6 Å². The Bertz CT molecular complexity index is 517. The summed E-state index contributed by atoms with van der Waals surface area (Å²) in [5, 5.41) is 21.8. The van der Waals surface area contributed by atoms with Crippen LogP contribution in [0, 0.1) is 18.3 Å². The minimum Gasteiger partial charge on any atom is -0.395 e. The number of hydrogen-bond donors (Lipinski definition) is 2. The molecule has 0 saturated carbocycles. The minimum atomic E-state index is 0.298. The van der Waals surface area contributed by atoms with Crippen molar-refractivity contribution in [3.05, 3.63) is 23.0 Å². The molecule has 1 unspecified atom stereocenters. The maximum absolute atomic E-state index is 9.30. The van der Waals surface area contributed by atoms with E-state index in [2.05, 4.69) is 23.2 Å². The molecule has 2 heterocycles. The van der Waals surface area contributed by atoms with Crippen LogP contribution in [0.4, 0.5) is 0 Å². The number of hydrogen-bond acceptors (Lipinski definition) is 4. The van der Waals surface area contributed by atoms with E-state index in [-0.39, 0.29) is 0 Å². The first-order valence-electron chi connectivity index (χ1n) is 8.28. The van der Waals surface area contributed by atoms with Gasteiger partial charge in [0.1, 0.15) is 11.8 Å². The molecule has 1 saturated heterocycles. The van der Waals surface area contributed by atoms with Crippen molar-refractivity contribution in [3.63, 3.8) is 0 Å². The molecule has 1 aromatic heterocycles. The molecule has 1 fully saturated rings. The number of likely N-dealkylation sites (tertiary alicyclic amines) is 1. The van der Waals surface area contributed by atoms with Crippen LogP contribution in [0.5, 0.6) is 0 Å². The number of aromatic nitrogens is 1. The third kappa shape index (κ3) is 4.10. The lowest BCUT2D eigenvalue weighted by atomic mass is 10.2. The summed E-state index contributed by atoms with van der Waals surface area (Å²) in [6, 6.07) is 4.58. The van der Waals surface area contributed by atoms with E-state index in [1.807, 2.05) is 17.7 Å². The summed E-state index contributed by atoms with van der Waals surface area (Å²) in [6.45, 7) is 6.40. The Hall–Kier alpha value is -1.35. The molecule has 5 nitrogen and oxygen atoms in total. The van der Waals surface area contributed by atoms with Gasteiger partial charge in [0.15, 0.2) is 0 Å². The zero-order valence-corrected chi connectivity index (χ0v) is 13.8. The van der Waals surface area contributed by atoms with Crippen molar-refractivity contribution in [1.82, 2.24) is 14.8 Å². The molecule has 1 atom stereocenters. The molecule has 5 heteroatoms. The predicted octanol–water partition coefficient (Wildman–Crippen LogP) is 1.53. The van der Waals surface area contributed by atoms with Gasteiger partial charge in [-0.3, -0.25) is 4.90 Å². The highest BCUT2D eigenvalue weighted by atomic mass is 16.3. The smallest absolute Gasteiger partial charge is 0.120 e. The van der Waals surface area contributed by atoms with Gasteiger partial charge in [-0.2, -0.15) is 5.26 Å². The molecule has 2 rings (SSSR count). The number of aliphatic hydroxyl groups is 1. The minimum absolute atomic E-state index is 0.298. The van der Waals surface area contributed by atoms with Gasteiger partial charge in [-0.15, -0.1) is 0 Å². The Labute approximate surface area is 133 Å². The third-order valence-electron chi connectivity index (χ3n) is 4.83. The molecule has 1 aliphatic heterocycles. The van der Waals surface area contributed by atoms with E-state index in [9.17, 15) is 5.11 Å². The highest BCUT2D eigenvalue weighted by Gasteiger charge is 2.22. The van der Waals surface area contributed by atoms with Crippen LogP contribution in [0.3, 0.4) is 0 Å². The van der Waals surface area contributed by atoms with Crippen LogP contribution >= 0.6 is 0 Å². The van der Waals surface area contributed by atoms with Gasteiger partial charge in [0.05, 0.1) is 6.61 Å². The molecule has 1 aromatic rings. The van der Waals surface area contributed by atoms with Gasteiger partial charge in [0.2, 0.25) is 0 Å². The molecular formula is C17H28N4O. The summed E-state index contributed by atoms with van der Waals surface area (Å²) in [7, 11) is 1.94. The molecule has 0 aromatic carbocycles. The standard InChI is InChI=1S/C17H28N4O/c1-14-15(10-17(11-18)20(14)2)12-19-7-3-4-8-21-9-5-6-16(21)13-22/h10,16,19,22H,3-9,12-13H2,1-2H3. The van der Waals surface area contributed by atoms with E-state index in [1.165, 1.54) is 18.4 Å². The summed E-state index contributed by atoms with van der Waals surface area (Å²) in [5.41, 5.74) is 3.09. The number of rotatable bonds is 8. The second-order valence-electron chi connectivity index (χ2n) is 6.21. The quantitative estimate of drug-likeness (QED) is 0.715. The van der Waals surface area contributed by atoms with Gasteiger partial charge in [0, 0.05) is 25.3 Å². The molecule has 122 valence electrons. The molecule has 0 spiro atoms. The lowest BCUT2D eigenvalue weighted by Gasteiger charge is -2.22.